The van der Waals surface area contributed by atoms with Gasteiger partial charge in [0.15, 0.2) is 0 Å². The van der Waals surface area contributed by atoms with E-state index >= 15 is 0 Å². The quantitative estimate of drug-likeness (QED) is 0.689. The summed E-state index contributed by atoms with van der Waals surface area (Å²) in [5.41, 5.74) is 1.09. The summed E-state index contributed by atoms with van der Waals surface area (Å²) in [5, 5.41) is 0. The van der Waals surface area contributed by atoms with Gasteiger partial charge in [-0.05, 0) is 31.5 Å². The number of nitrogens with zero attached hydrogens (tertiary/aromatic N) is 3. The molecule has 2 rings (SSSR count). The van der Waals surface area contributed by atoms with Crippen molar-refractivity contribution in [1.29, 1.82) is 0 Å². The SMILES string of the molecule is COc1ccccc1N1CCN(CCCCN(C)C(=O)C(F)(F)F)CC1. The van der Waals surface area contributed by atoms with Gasteiger partial charge in [-0.3, -0.25) is 9.69 Å². The Kier molecular flexibility index (Phi) is 7.14. The van der Waals surface area contributed by atoms with Crippen LogP contribution in [0.1, 0.15) is 12.8 Å². The molecule has 1 saturated heterocycles. The number of hydrogen-bond acceptors (Lipinski definition) is 4. The maximum atomic E-state index is 12.3. The molecule has 1 amide bonds. The highest BCUT2D eigenvalue weighted by molar-refractivity contribution is 5.81. The summed E-state index contributed by atoms with van der Waals surface area (Å²) < 4.78 is 42.4. The number of carbonyl (C=O) groups is 1. The molecule has 1 aliphatic rings. The smallest absolute Gasteiger partial charge is 0.471 e. The van der Waals surface area contributed by atoms with Crippen molar-refractivity contribution < 1.29 is 22.7 Å². The van der Waals surface area contributed by atoms with Crippen LogP contribution in [0.15, 0.2) is 24.3 Å². The van der Waals surface area contributed by atoms with Gasteiger partial charge in [-0.2, -0.15) is 13.2 Å². The number of ether oxygens (including phenoxy) is 1. The molecule has 8 heteroatoms. The van der Waals surface area contributed by atoms with E-state index in [1.807, 2.05) is 24.3 Å². The van der Waals surface area contributed by atoms with E-state index in [0.29, 0.717) is 6.42 Å². The number of piperazine rings is 1. The lowest BCUT2D eigenvalue weighted by Gasteiger charge is -2.36. The van der Waals surface area contributed by atoms with Crippen molar-refractivity contribution in [2.24, 2.45) is 0 Å². The van der Waals surface area contributed by atoms with Gasteiger partial charge in [0.25, 0.3) is 0 Å². The minimum absolute atomic E-state index is 0.125. The summed E-state index contributed by atoms with van der Waals surface area (Å²) in [7, 11) is 2.86. The fraction of sp³-hybridized carbons (Fsp3) is 0.611. The van der Waals surface area contributed by atoms with Gasteiger partial charge in [-0.1, -0.05) is 12.1 Å². The van der Waals surface area contributed by atoms with Crippen LogP contribution in [0.5, 0.6) is 5.75 Å². The molecule has 0 unspecified atom stereocenters. The van der Waals surface area contributed by atoms with Crippen molar-refractivity contribution in [2.45, 2.75) is 19.0 Å². The molecule has 1 aliphatic heterocycles. The third-order valence-electron chi connectivity index (χ3n) is 4.61. The van der Waals surface area contributed by atoms with Crippen LogP contribution < -0.4 is 9.64 Å². The van der Waals surface area contributed by atoms with Crippen LogP contribution in [0.4, 0.5) is 18.9 Å². The number of halogens is 3. The first-order chi connectivity index (χ1) is 12.3. The van der Waals surface area contributed by atoms with Crippen LogP contribution in [-0.4, -0.2) is 75.3 Å². The van der Waals surface area contributed by atoms with Gasteiger partial charge in [-0.15, -0.1) is 0 Å². The topological polar surface area (TPSA) is 36.0 Å². The number of amides is 1. The molecule has 146 valence electrons. The van der Waals surface area contributed by atoms with E-state index in [1.165, 1.54) is 7.05 Å². The fourth-order valence-corrected chi connectivity index (χ4v) is 3.11. The molecule has 0 aromatic heterocycles. The van der Waals surface area contributed by atoms with Gasteiger partial charge in [0.1, 0.15) is 5.75 Å². The molecule has 0 bridgehead atoms. The number of carbonyl (C=O) groups excluding carboxylic acids is 1. The van der Waals surface area contributed by atoms with Crippen LogP contribution in [0.2, 0.25) is 0 Å². The third-order valence-corrected chi connectivity index (χ3v) is 4.61. The predicted octanol–water partition coefficient (Wildman–Crippen LogP) is 2.62. The number of para-hydroxylation sites is 2. The van der Waals surface area contributed by atoms with Gasteiger partial charge >= 0.3 is 12.1 Å². The highest BCUT2D eigenvalue weighted by Crippen LogP contribution is 2.28. The number of hydrogen-bond donors (Lipinski definition) is 0. The molecular formula is C18H26F3N3O2. The highest BCUT2D eigenvalue weighted by atomic mass is 19.4. The van der Waals surface area contributed by atoms with Crippen LogP contribution in [0.3, 0.4) is 0 Å². The zero-order valence-electron chi connectivity index (χ0n) is 15.3. The average molecular weight is 373 g/mol. The lowest BCUT2D eigenvalue weighted by Crippen LogP contribution is -2.46. The predicted molar refractivity (Wildman–Crippen MR) is 94.6 cm³/mol. The van der Waals surface area contributed by atoms with Crippen LogP contribution in [0, 0.1) is 0 Å². The first kappa shape index (κ1) is 20.4. The van der Waals surface area contributed by atoms with Gasteiger partial charge < -0.3 is 14.5 Å². The van der Waals surface area contributed by atoms with Gasteiger partial charge in [0, 0.05) is 39.8 Å². The minimum Gasteiger partial charge on any atom is -0.495 e. The zero-order valence-corrected chi connectivity index (χ0v) is 15.3. The molecule has 0 saturated carbocycles. The number of methoxy groups -OCH3 is 1. The molecule has 0 radical (unpaired) electrons. The van der Waals surface area contributed by atoms with Crippen molar-refractivity contribution in [3.05, 3.63) is 24.3 Å². The largest absolute Gasteiger partial charge is 0.495 e. The van der Waals surface area contributed by atoms with E-state index in [9.17, 15) is 18.0 Å². The molecule has 1 aromatic rings. The summed E-state index contributed by atoms with van der Waals surface area (Å²) in [6.45, 7) is 4.51. The Bertz CT molecular complexity index is 587. The first-order valence-corrected chi connectivity index (χ1v) is 8.75. The second-order valence-electron chi connectivity index (χ2n) is 6.43. The molecule has 1 heterocycles. The normalized spacial score (nSPS) is 15.8. The summed E-state index contributed by atoms with van der Waals surface area (Å²) in [5.74, 6) is -0.916. The van der Waals surface area contributed by atoms with Gasteiger partial charge in [0.05, 0.1) is 12.8 Å². The second-order valence-corrected chi connectivity index (χ2v) is 6.43. The summed E-state index contributed by atoms with van der Waals surface area (Å²) in [6.07, 6.45) is -3.46. The molecule has 0 aliphatic carbocycles. The van der Waals surface area contributed by atoms with Crippen molar-refractivity contribution in [3.63, 3.8) is 0 Å². The minimum atomic E-state index is -4.79. The Morgan fingerprint density at radius 1 is 1.15 bits per heavy atom. The molecule has 1 fully saturated rings. The maximum Gasteiger partial charge on any atom is 0.471 e. The third kappa shape index (κ3) is 5.52. The van der Waals surface area contributed by atoms with Crippen LogP contribution in [-0.2, 0) is 4.79 Å². The Morgan fingerprint density at radius 3 is 2.42 bits per heavy atom. The second kappa shape index (κ2) is 9.12. The standard InChI is InChI=1S/C18H26F3N3O2/c1-22(17(25)18(19,20)21)9-5-6-10-23-11-13-24(14-12-23)15-7-3-4-8-16(15)26-2/h3-4,7-8H,5-6,9-14H2,1-2H3. The van der Waals surface area contributed by atoms with E-state index in [4.69, 9.17) is 4.74 Å². The highest BCUT2D eigenvalue weighted by Gasteiger charge is 2.40. The van der Waals surface area contributed by atoms with Gasteiger partial charge in [0.2, 0.25) is 0 Å². The van der Waals surface area contributed by atoms with E-state index in [0.717, 1.165) is 55.5 Å². The van der Waals surface area contributed by atoms with Crippen LogP contribution in [0.25, 0.3) is 0 Å². The average Bonchev–Trinajstić information content (AvgIpc) is 2.64. The maximum absolute atomic E-state index is 12.3. The molecule has 0 atom stereocenters. The lowest BCUT2D eigenvalue weighted by molar-refractivity contribution is -0.184. The molecule has 26 heavy (non-hydrogen) atoms. The van der Waals surface area contributed by atoms with Crippen molar-refractivity contribution in [3.8, 4) is 5.75 Å². The summed E-state index contributed by atoms with van der Waals surface area (Å²) in [4.78, 5) is 16.4. The summed E-state index contributed by atoms with van der Waals surface area (Å²) >= 11 is 0. The number of rotatable bonds is 7. The van der Waals surface area contributed by atoms with E-state index in [2.05, 4.69) is 9.80 Å². The monoisotopic (exact) mass is 373 g/mol. The van der Waals surface area contributed by atoms with Crippen LogP contribution >= 0.6 is 0 Å². The Balaban J connectivity index is 1.69. The Labute approximate surface area is 152 Å². The fourth-order valence-electron chi connectivity index (χ4n) is 3.11. The summed E-state index contributed by atoms with van der Waals surface area (Å²) in [6, 6.07) is 7.92. The Hall–Kier alpha value is -1.96. The lowest BCUT2D eigenvalue weighted by atomic mass is 10.2. The molecule has 1 aromatic carbocycles. The molecular weight excluding hydrogens is 347 g/mol. The van der Waals surface area contributed by atoms with Gasteiger partial charge in [-0.25, -0.2) is 0 Å². The number of anilines is 1. The molecule has 0 N–H and O–H groups in total. The van der Waals surface area contributed by atoms with Crippen molar-refractivity contribution in [1.82, 2.24) is 9.80 Å². The van der Waals surface area contributed by atoms with E-state index in [-0.39, 0.29) is 6.54 Å². The van der Waals surface area contributed by atoms with E-state index in [1.54, 1.807) is 7.11 Å². The van der Waals surface area contributed by atoms with Crippen molar-refractivity contribution in [2.75, 3.05) is 58.3 Å². The first-order valence-electron chi connectivity index (χ1n) is 8.75. The number of alkyl halides is 3. The molecule has 5 nitrogen and oxygen atoms in total. The molecule has 0 spiro atoms. The van der Waals surface area contributed by atoms with E-state index < -0.39 is 12.1 Å². The number of unbranched alkanes of at least 4 members (excludes halogenated alkanes) is 1. The Morgan fingerprint density at radius 2 is 1.81 bits per heavy atom. The van der Waals surface area contributed by atoms with Crippen molar-refractivity contribution >= 4 is 11.6 Å². The zero-order chi connectivity index (χ0) is 19.2. The number of benzene rings is 1.